The van der Waals surface area contributed by atoms with Crippen molar-refractivity contribution in [1.29, 1.82) is 0 Å². The molecule has 2 aromatic heterocycles. The van der Waals surface area contributed by atoms with Crippen LogP contribution in [0.15, 0.2) is 59.8 Å². The average molecular weight is 280 g/mol. The van der Waals surface area contributed by atoms with Crippen molar-refractivity contribution in [2.45, 2.75) is 13.1 Å². The summed E-state index contributed by atoms with van der Waals surface area (Å²) < 4.78 is 1.50. The number of rotatable bonds is 5. The molecule has 0 bridgehead atoms. The van der Waals surface area contributed by atoms with E-state index >= 15 is 0 Å². The predicted molar refractivity (Wildman–Crippen MR) is 81.9 cm³/mol. The maximum atomic E-state index is 12.3. The van der Waals surface area contributed by atoms with Crippen molar-refractivity contribution < 1.29 is 0 Å². The van der Waals surface area contributed by atoms with Crippen molar-refractivity contribution in [2.24, 2.45) is 0 Å². The number of hydrogen-bond acceptors (Lipinski definition) is 4. The lowest BCUT2D eigenvalue weighted by Crippen LogP contribution is -2.28. The highest BCUT2D eigenvalue weighted by atomic mass is 16.1. The fourth-order valence-electron chi connectivity index (χ4n) is 2.21. The molecule has 3 aromatic rings. The Kier molecular flexibility index (Phi) is 4.02. The highest BCUT2D eigenvalue weighted by molar-refractivity contribution is 5.80. The van der Waals surface area contributed by atoms with Crippen LogP contribution in [-0.2, 0) is 13.1 Å². The molecule has 106 valence electrons. The van der Waals surface area contributed by atoms with Crippen LogP contribution >= 0.6 is 0 Å². The normalized spacial score (nSPS) is 10.9. The van der Waals surface area contributed by atoms with Gasteiger partial charge in [0.2, 0.25) is 0 Å². The Hall–Kier alpha value is -2.53. The maximum Gasteiger partial charge on any atom is 0.274 e. The summed E-state index contributed by atoms with van der Waals surface area (Å²) in [6.07, 6.45) is 5.31. The number of nitrogens with zero attached hydrogens (tertiary/aromatic N) is 3. The van der Waals surface area contributed by atoms with Gasteiger partial charge in [0.05, 0.1) is 18.1 Å². The van der Waals surface area contributed by atoms with Crippen LogP contribution in [0.3, 0.4) is 0 Å². The number of hydrogen-bond donors (Lipinski definition) is 1. The third-order valence-electron chi connectivity index (χ3n) is 3.31. The van der Waals surface area contributed by atoms with Gasteiger partial charge < -0.3 is 5.32 Å². The molecule has 0 aliphatic rings. The van der Waals surface area contributed by atoms with E-state index < -0.39 is 0 Å². The largest absolute Gasteiger partial charge is 0.311 e. The van der Waals surface area contributed by atoms with Gasteiger partial charge in [0.1, 0.15) is 0 Å². The Balaban J connectivity index is 1.63. The molecule has 0 aliphatic carbocycles. The minimum Gasteiger partial charge on any atom is -0.311 e. The van der Waals surface area contributed by atoms with Crippen molar-refractivity contribution in [1.82, 2.24) is 20.1 Å². The summed E-state index contributed by atoms with van der Waals surface area (Å²) >= 11 is 0. The second-order valence-corrected chi connectivity index (χ2v) is 4.80. The molecular weight excluding hydrogens is 264 g/mol. The molecule has 0 spiro atoms. The smallest absolute Gasteiger partial charge is 0.274 e. The van der Waals surface area contributed by atoms with Crippen molar-refractivity contribution in [2.75, 3.05) is 6.54 Å². The van der Waals surface area contributed by atoms with E-state index in [9.17, 15) is 4.79 Å². The molecule has 5 heteroatoms. The fraction of sp³-hybridized carbons (Fsp3) is 0.188. The van der Waals surface area contributed by atoms with Gasteiger partial charge in [-0.05, 0) is 17.7 Å². The SMILES string of the molecule is O=c1c2ccccc2cnn1CCNCc1cccnc1. The zero-order chi connectivity index (χ0) is 14.5. The summed E-state index contributed by atoms with van der Waals surface area (Å²) in [7, 11) is 0. The van der Waals surface area contributed by atoms with E-state index in [-0.39, 0.29) is 5.56 Å². The van der Waals surface area contributed by atoms with E-state index in [0.29, 0.717) is 18.5 Å². The van der Waals surface area contributed by atoms with Gasteiger partial charge in [-0.1, -0.05) is 24.3 Å². The summed E-state index contributed by atoms with van der Waals surface area (Å²) in [5.74, 6) is 0. The van der Waals surface area contributed by atoms with E-state index in [2.05, 4.69) is 15.4 Å². The lowest BCUT2D eigenvalue weighted by atomic mass is 10.2. The van der Waals surface area contributed by atoms with Crippen LogP contribution in [-0.4, -0.2) is 21.3 Å². The van der Waals surface area contributed by atoms with Crippen LogP contribution in [0.1, 0.15) is 5.56 Å². The molecule has 2 heterocycles. The minimum atomic E-state index is -0.0451. The van der Waals surface area contributed by atoms with Crippen LogP contribution in [0.25, 0.3) is 10.8 Å². The van der Waals surface area contributed by atoms with Crippen LogP contribution in [0.5, 0.6) is 0 Å². The molecule has 0 amide bonds. The second-order valence-electron chi connectivity index (χ2n) is 4.80. The second kappa shape index (κ2) is 6.28. The highest BCUT2D eigenvalue weighted by Crippen LogP contribution is 2.06. The van der Waals surface area contributed by atoms with Crippen molar-refractivity contribution >= 4 is 10.8 Å². The van der Waals surface area contributed by atoms with Crippen LogP contribution in [0.2, 0.25) is 0 Å². The molecule has 5 nitrogen and oxygen atoms in total. The van der Waals surface area contributed by atoms with Gasteiger partial charge in [-0.3, -0.25) is 9.78 Å². The zero-order valence-corrected chi connectivity index (χ0v) is 11.6. The first-order chi connectivity index (χ1) is 10.3. The Morgan fingerprint density at radius 2 is 2.00 bits per heavy atom. The molecule has 0 saturated heterocycles. The monoisotopic (exact) mass is 280 g/mol. The van der Waals surface area contributed by atoms with Gasteiger partial charge in [0, 0.05) is 30.9 Å². The van der Waals surface area contributed by atoms with Gasteiger partial charge in [-0.25, -0.2) is 4.68 Å². The summed E-state index contributed by atoms with van der Waals surface area (Å²) in [5.41, 5.74) is 1.08. The first-order valence-corrected chi connectivity index (χ1v) is 6.89. The number of benzene rings is 1. The predicted octanol–water partition coefficient (Wildman–Crippen LogP) is 1.58. The topological polar surface area (TPSA) is 59.8 Å². The van der Waals surface area contributed by atoms with E-state index in [4.69, 9.17) is 0 Å². The number of pyridine rings is 1. The van der Waals surface area contributed by atoms with E-state index in [1.807, 2.05) is 42.6 Å². The van der Waals surface area contributed by atoms with E-state index in [1.54, 1.807) is 12.4 Å². The van der Waals surface area contributed by atoms with E-state index in [0.717, 1.165) is 17.5 Å². The molecule has 0 unspecified atom stereocenters. The Labute approximate surface area is 122 Å². The maximum absolute atomic E-state index is 12.3. The average Bonchev–Trinajstić information content (AvgIpc) is 2.55. The summed E-state index contributed by atoms with van der Waals surface area (Å²) in [6, 6.07) is 11.4. The molecular formula is C16H16N4O. The van der Waals surface area contributed by atoms with Crippen molar-refractivity contribution in [3.05, 3.63) is 70.9 Å². The van der Waals surface area contributed by atoms with Gasteiger partial charge in [0.25, 0.3) is 5.56 Å². The summed E-state index contributed by atoms with van der Waals surface area (Å²) in [5, 5.41) is 9.07. The van der Waals surface area contributed by atoms with Gasteiger partial charge in [-0.2, -0.15) is 5.10 Å². The molecule has 0 aliphatic heterocycles. The van der Waals surface area contributed by atoms with Crippen molar-refractivity contribution in [3.8, 4) is 0 Å². The lowest BCUT2D eigenvalue weighted by Gasteiger charge is -2.07. The molecule has 1 N–H and O–H groups in total. The molecule has 1 aromatic carbocycles. The number of fused-ring (bicyclic) bond motifs is 1. The number of aromatic nitrogens is 3. The quantitative estimate of drug-likeness (QED) is 0.721. The highest BCUT2D eigenvalue weighted by Gasteiger charge is 2.02. The fourth-order valence-corrected chi connectivity index (χ4v) is 2.21. The van der Waals surface area contributed by atoms with Gasteiger partial charge in [-0.15, -0.1) is 0 Å². The summed E-state index contributed by atoms with van der Waals surface area (Å²) in [6.45, 7) is 1.96. The van der Waals surface area contributed by atoms with Crippen molar-refractivity contribution in [3.63, 3.8) is 0 Å². The third-order valence-corrected chi connectivity index (χ3v) is 3.31. The first kappa shape index (κ1) is 13.5. The zero-order valence-electron chi connectivity index (χ0n) is 11.6. The standard InChI is InChI=1S/C16H16N4O/c21-16-15-6-2-1-5-14(15)12-19-20(16)9-8-18-11-13-4-3-7-17-10-13/h1-7,10,12,18H,8-9,11H2. The van der Waals surface area contributed by atoms with Crippen LogP contribution < -0.4 is 10.9 Å². The van der Waals surface area contributed by atoms with E-state index in [1.165, 1.54) is 4.68 Å². The molecule has 0 fully saturated rings. The molecule has 3 rings (SSSR count). The Morgan fingerprint density at radius 3 is 2.86 bits per heavy atom. The van der Waals surface area contributed by atoms with Gasteiger partial charge in [0.15, 0.2) is 0 Å². The minimum absolute atomic E-state index is 0.0451. The Morgan fingerprint density at radius 1 is 1.10 bits per heavy atom. The third kappa shape index (κ3) is 3.14. The summed E-state index contributed by atoms with van der Waals surface area (Å²) in [4.78, 5) is 16.3. The Bertz CT molecular complexity index is 783. The van der Waals surface area contributed by atoms with Gasteiger partial charge >= 0.3 is 0 Å². The van der Waals surface area contributed by atoms with Crippen LogP contribution in [0, 0.1) is 0 Å². The first-order valence-electron chi connectivity index (χ1n) is 6.89. The molecule has 0 saturated carbocycles. The lowest BCUT2D eigenvalue weighted by molar-refractivity contribution is 0.535. The number of nitrogens with one attached hydrogen (secondary N) is 1. The molecule has 0 radical (unpaired) electrons. The molecule has 21 heavy (non-hydrogen) atoms. The molecule has 0 atom stereocenters. The van der Waals surface area contributed by atoms with Crippen LogP contribution in [0.4, 0.5) is 0 Å².